The molecule has 0 aliphatic rings. The van der Waals surface area contributed by atoms with Crippen molar-refractivity contribution in [3.05, 3.63) is 29.3 Å². The maximum absolute atomic E-state index is 5.49. The van der Waals surface area contributed by atoms with Gasteiger partial charge in [0.05, 0.1) is 0 Å². The number of anilines is 1. The summed E-state index contributed by atoms with van der Waals surface area (Å²) in [6.07, 6.45) is 3.44. The fraction of sp³-hybridized carbons (Fsp3) is 0.538. The zero-order valence-electron chi connectivity index (χ0n) is 10.1. The molecule has 0 unspecified atom stereocenters. The van der Waals surface area contributed by atoms with Gasteiger partial charge in [0.25, 0.3) is 0 Å². The number of aryl methyl sites for hydroxylation is 2. The van der Waals surface area contributed by atoms with Crippen molar-refractivity contribution in [1.29, 1.82) is 0 Å². The van der Waals surface area contributed by atoms with E-state index >= 15 is 0 Å². The van der Waals surface area contributed by atoms with Crippen LogP contribution in [0.3, 0.4) is 0 Å². The molecular formula is C13H22N2. The lowest BCUT2D eigenvalue weighted by molar-refractivity contribution is 0.744. The zero-order valence-corrected chi connectivity index (χ0v) is 10.1. The minimum Gasteiger partial charge on any atom is -0.377 e. The molecule has 0 saturated heterocycles. The molecule has 0 fully saturated rings. The third-order valence-corrected chi connectivity index (χ3v) is 2.67. The molecule has 0 aliphatic carbocycles. The molecule has 0 radical (unpaired) electrons. The van der Waals surface area contributed by atoms with E-state index in [9.17, 15) is 0 Å². The molecule has 0 aromatic heterocycles. The number of nitrogens with zero attached hydrogens (tertiary/aromatic N) is 1. The van der Waals surface area contributed by atoms with Crippen molar-refractivity contribution in [2.24, 2.45) is 5.73 Å². The Labute approximate surface area is 93.1 Å². The summed E-state index contributed by atoms with van der Waals surface area (Å²) in [5.74, 6) is 0. The minimum absolute atomic E-state index is 0.798. The summed E-state index contributed by atoms with van der Waals surface area (Å²) in [6, 6.07) is 6.71. The van der Waals surface area contributed by atoms with Crippen molar-refractivity contribution in [2.45, 2.75) is 26.2 Å². The molecule has 0 aliphatic heterocycles. The van der Waals surface area contributed by atoms with Crippen LogP contribution < -0.4 is 10.6 Å². The lowest BCUT2D eigenvalue weighted by atomic mass is 10.0. The van der Waals surface area contributed by atoms with Gasteiger partial charge in [-0.25, -0.2) is 0 Å². The van der Waals surface area contributed by atoms with Gasteiger partial charge in [-0.05, 0) is 49.9 Å². The largest absolute Gasteiger partial charge is 0.377 e. The molecule has 1 aromatic carbocycles. The Bertz CT molecular complexity index is 305. The van der Waals surface area contributed by atoms with Crippen LogP contribution in [0.15, 0.2) is 18.2 Å². The second-order valence-electron chi connectivity index (χ2n) is 4.26. The van der Waals surface area contributed by atoms with Crippen LogP contribution in [0.1, 0.15) is 24.0 Å². The van der Waals surface area contributed by atoms with Gasteiger partial charge in [0.1, 0.15) is 0 Å². The van der Waals surface area contributed by atoms with Gasteiger partial charge in [-0.2, -0.15) is 0 Å². The number of rotatable bonds is 5. The lowest BCUT2D eigenvalue weighted by Crippen LogP contribution is -2.10. The summed E-state index contributed by atoms with van der Waals surface area (Å²) in [5.41, 5.74) is 9.56. The van der Waals surface area contributed by atoms with E-state index in [-0.39, 0.29) is 0 Å². The molecule has 0 amide bonds. The average molecular weight is 206 g/mol. The molecule has 0 saturated carbocycles. The monoisotopic (exact) mass is 206 g/mol. The summed E-state index contributed by atoms with van der Waals surface area (Å²) in [6.45, 7) is 2.95. The van der Waals surface area contributed by atoms with Gasteiger partial charge >= 0.3 is 0 Å². The summed E-state index contributed by atoms with van der Waals surface area (Å²) in [5, 5.41) is 0. The summed E-state index contributed by atoms with van der Waals surface area (Å²) < 4.78 is 0. The maximum atomic E-state index is 5.49. The molecular weight excluding hydrogens is 184 g/mol. The predicted molar refractivity (Wildman–Crippen MR) is 67.5 cm³/mol. The molecule has 2 nitrogen and oxygen atoms in total. The molecule has 2 heteroatoms. The third kappa shape index (κ3) is 3.56. The van der Waals surface area contributed by atoms with E-state index in [0.717, 1.165) is 19.4 Å². The van der Waals surface area contributed by atoms with Crippen LogP contribution in [0.2, 0.25) is 0 Å². The highest BCUT2D eigenvalue weighted by Gasteiger charge is 2.01. The molecule has 0 bridgehead atoms. The maximum Gasteiger partial charge on any atom is 0.0393 e. The molecule has 1 aromatic rings. The number of hydrogen-bond donors (Lipinski definition) is 1. The number of nitrogens with two attached hydrogens (primary N) is 1. The highest BCUT2D eigenvalue weighted by Crippen LogP contribution is 2.20. The van der Waals surface area contributed by atoms with Gasteiger partial charge in [-0.15, -0.1) is 0 Å². The molecule has 0 heterocycles. The van der Waals surface area contributed by atoms with Crippen molar-refractivity contribution in [3.8, 4) is 0 Å². The standard InChI is InChI=1S/C13H22N2/c1-11-7-8-12(6-4-5-9-14)10-13(11)15(2)3/h7-8,10H,4-6,9,14H2,1-3H3. The van der Waals surface area contributed by atoms with Gasteiger partial charge in [0, 0.05) is 19.8 Å². The van der Waals surface area contributed by atoms with Crippen LogP contribution in [0.4, 0.5) is 5.69 Å². The summed E-state index contributed by atoms with van der Waals surface area (Å²) in [4.78, 5) is 2.17. The summed E-state index contributed by atoms with van der Waals surface area (Å²) >= 11 is 0. The Morgan fingerprint density at radius 2 is 1.93 bits per heavy atom. The van der Waals surface area contributed by atoms with Crippen molar-refractivity contribution in [1.82, 2.24) is 0 Å². The Kier molecular flexibility index (Phi) is 4.63. The second-order valence-corrected chi connectivity index (χ2v) is 4.26. The smallest absolute Gasteiger partial charge is 0.0393 e. The summed E-state index contributed by atoms with van der Waals surface area (Å²) in [7, 11) is 4.18. The first-order chi connectivity index (χ1) is 7.15. The fourth-order valence-electron chi connectivity index (χ4n) is 1.77. The van der Waals surface area contributed by atoms with Gasteiger partial charge in [-0.1, -0.05) is 12.1 Å². The minimum atomic E-state index is 0.798. The SMILES string of the molecule is Cc1ccc(CCCCN)cc1N(C)C. The number of benzene rings is 1. The Morgan fingerprint density at radius 1 is 1.20 bits per heavy atom. The lowest BCUT2D eigenvalue weighted by Gasteiger charge is -2.16. The van der Waals surface area contributed by atoms with E-state index in [1.165, 1.54) is 23.2 Å². The Balaban J connectivity index is 2.70. The average Bonchev–Trinajstić information content (AvgIpc) is 2.20. The van der Waals surface area contributed by atoms with Gasteiger partial charge in [0.2, 0.25) is 0 Å². The molecule has 0 spiro atoms. The molecule has 2 N–H and O–H groups in total. The Morgan fingerprint density at radius 3 is 2.53 bits per heavy atom. The van der Waals surface area contributed by atoms with Crippen molar-refractivity contribution >= 4 is 5.69 Å². The van der Waals surface area contributed by atoms with Crippen LogP contribution in [0.5, 0.6) is 0 Å². The van der Waals surface area contributed by atoms with Crippen LogP contribution in [-0.4, -0.2) is 20.6 Å². The first-order valence-corrected chi connectivity index (χ1v) is 5.62. The van der Waals surface area contributed by atoms with Crippen LogP contribution in [0, 0.1) is 6.92 Å². The van der Waals surface area contributed by atoms with E-state index in [1.54, 1.807) is 0 Å². The quantitative estimate of drug-likeness (QED) is 0.749. The normalized spacial score (nSPS) is 10.4. The van der Waals surface area contributed by atoms with E-state index in [1.807, 2.05) is 0 Å². The third-order valence-electron chi connectivity index (χ3n) is 2.67. The highest BCUT2D eigenvalue weighted by molar-refractivity contribution is 5.53. The van der Waals surface area contributed by atoms with Gasteiger partial charge in [-0.3, -0.25) is 0 Å². The van der Waals surface area contributed by atoms with Crippen LogP contribution >= 0.6 is 0 Å². The first kappa shape index (κ1) is 12.1. The van der Waals surface area contributed by atoms with Crippen LogP contribution in [0.25, 0.3) is 0 Å². The van der Waals surface area contributed by atoms with E-state index < -0.39 is 0 Å². The van der Waals surface area contributed by atoms with Gasteiger partial charge < -0.3 is 10.6 Å². The molecule has 84 valence electrons. The second kappa shape index (κ2) is 5.76. The van der Waals surface area contributed by atoms with Crippen LogP contribution in [-0.2, 0) is 6.42 Å². The first-order valence-electron chi connectivity index (χ1n) is 5.62. The van der Waals surface area contributed by atoms with E-state index in [0.29, 0.717) is 0 Å². The number of hydrogen-bond acceptors (Lipinski definition) is 2. The van der Waals surface area contributed by atoms with Crippen molar-refractivity contribution in [2.75, 3.05) is 25.5 Å². The highest BCUT2D eigenvalue weighted by atomic mass is 15.1. The predicted octanol–water partition coefficient (Wildman–Crippen LogP) is 2.34. The zero-order chi connectivity index (χ0) is 11.3. The topological polar surface area (TPSA) is 29.3 Å². The van der Waals surface area contributed by atoms with Gasteiger partial charge in [0.15, 0.2) is 0 Å². The van der Waals surface area contributed by atoms with E-state index in [4.69, 9.17) is 5.73 Å². The van der Waals surface area contributed by atoms with E-state index in [2.05, 4.69) is 44.1 Å². The molecule has 0 atom stereocenters. The molecule has 1 rings (SSSR count). The number of unbranched alkanes of at least 4 members (excludes halogenated alkanes) is 1. The molecule has 15 heavy (non-hydrogen) atoms. The van der Waals surface area contributed by atoms with Crippen molar-refractivity contribution < 1.29 is 0 Å². The Hall–Kier alpha value is -1.02. The van der Waals surface area contributed by atoms with Crippen molar-refractivity contribution in [3.63, 3.8) is 0 Å². The fourth-order valence-corrected chi connectivity index (χ4v) is 1.77.